The SMILES string of the molecule is Cc1ccc(-c2cccc(-c3ccc(C)cc3)[n+]2N2C(=O)c3ccccc3C2=O)cc1. The summed E-state index contributed by atoms with van der Waals surface area (Å²) in [5, 5.41) is 1.26. The zero-order valence-electron chi connectivity index (χ0n) is 17.4. The highest BCUT2D eigenvalue weighted by Crippen LogP contribution is 2.26. The summed E-state index contributed by atoms with van der Waals surface area (Å²) >= 11 is 0. The molecule has 4 nitrogen and oxygen atoms in total. The van der Waals surface area contributed by atoms with Gasteiger partial charge in [0.05, 0.1) is 11.1 Å². The minimum atomic E-state index is -0.321. The number of amides is 2. The smallest absolute Gasteiger partial charge is 0.263 e. The van der Waals surface area contributed by atoms with Crippen molar-refractivity contribution in [2.45, 2.75) is 13.8 Å². The zero-order chi connectivity index (χ0) is 21.5. The van der Waals surface area contributed by atoms with Crippen LogP contribution in [0.3, 0.4) is 0 Å². The lowest BCUT2D eigenvalue weighted by Crippen LogP contribution is -2.63. The fraction of sp³-hybridized carbons (Fsp3) is 0.0741. The summed E-state index contributed by atoms with van der Waals surface area (Å²) in [4.78, 5) is 26.7. The lowest BCUT2D eigenvalue weighted by molar-refractivity contribution is -0.649. The van der Waals surface area contributed by atoms with Gasteiger partial charge in [-0.15, -0.1) is 0 Å². The van der Waals surface area contributed by atoms with Crippen LogP contribution in [0.5, 0.6) is 0 Å². The number of fused-ring (bicyclic) bond motifs is 1. The van der Waals surface area contributed by atoms with E-state index in [0.29, 0.717) is 11.1 Å². The highest BCUT2D eigenvalue weighted by molar-refractivity contribution is 6.29. The fourth-order valence-electron chi connectivity index (χ4n) is 3.96. The summed E-state index contributed by atoms with van der Waals surface area (Å²) in [7, 11) is 0. The monoisotopic (exact) mass is 405 g/mol. The predicted octanol–water partition coefficient (Wildman–Crippen LogP) is 4.86. The maximum atomic E-state index is 13.4. The van der Waals surface area contributed by atoms with Crippen LogP contribution >= 0.6 is 0 Å². The van der Waals surface area contributed by atoms with Gasteiger partial charge in [-0.2, -0.15) is 0 Å². The third-order valence-electron chi connectivity index (χ3n) is 5.63. The van der Waals surface area contributed by atoms with Crippen molar-refractivity contribution in [2.75, 3.05) is 5.01 Å². The maximum Gasteiger partial charge on any atom is 0.319 e. The van der Waals surface area contributed by atoms with Crippen molar-refractivity contribution in [3.05, 3.63) is 113 Å². The first-order valence-corrected chi connectivity index (χ1v) is 10.2. The van der Waals surface area contributed by atoms with Gasteiger partial charge in [0.1, 0.15) is 0 Å². The second-order valence-corrected chi connectivity index (χ2v) is 7.81. The third kappa shape index (κ3) is 3.13. The number of rotatable bonds is 3. The minimum Gasteiger partial charge on any atom is -0.263 e. The first-order valence-electron chi connectivity index (χ1n) is 10.2. The first-order chi connectivity index (χ1) is 15.0. The van der Waals surface area contributed by atoms with E-state index in [1.54, 1.807) is 28.9 Å². The van der Waals surface area contributed by atoms with Crippen molar-refractivity contribution in [2.24, 2.45) is 0 Å². The lowest BCUT2D eigenvalue weighted by atomic mass is 10.1. The van der Waals surface area contributed by atoms with E-state index in [1.807, 2.05) is 80.6 Å². The molecule has 31 heavy (non-hydrogen) atoms. The van der Waals surface area contributed by atoms with Gasteiger partial charge in [-0.25, -0.2) is 0 Å². The number of hydrogen-bond acceptors (Lipinski definition) is 2. The summed E-state index contributed by atoms with van der Waals surface area (Å²) in [5.74, 6) is -0.642. The van der Waals surface area contributed by atoms with Gasteiger partial charge in [-0.1, -0.05) is 52.2 Å². The Bertz CT molecular complexity index is 1220. The van der Waals surface area contributed by atoms with Crippen LogP contribution in [0.1, 0.15) is 31.8 Å². The van der Waals surface area contributed by atoms with Gasteiger partial charge >= 0.3 is 11.8 Å². The number of imide groups is 1. The van der Waals surface area contributed by atoms with Crippen LogP contribution < -0.4 is 9.69 Å². The maximum absolute atomic E-state index is 13.4. The Hall–Kier alpha value is -4.05. The third-order valence-corrected chi connectivity index (χ3v) is 5.63. The van der Waals surface area contributed by atoms with Crippen molar-refractivity contribution in [3.63, 3.8) is 0 Å². The van der Waals surface area contributed by atoms with E-state index in [2.05, 4.69) is 0 Å². The Labute approximate surface area is 181 Å². The van der Waals surface area contributed by atoms with Crippen LogP contribution in [0.4, 0.5) is 0 Å². The van der Waals surface area contributed by atoms with Gasteiger partial charge in [0.2, 0.25) is 11.4 Å². The largest absolute Gasteiger partial charge is 0.319 e. The van der Waals surface area contributed by atoms with Gasteiger partial charge in [0.25, 0.3) is 0 Å². The minimum absolute atomic E-state index is 0.321. The number of carbonyl (C=O) groups is 2. The zero-order valence-corrected chi connectivity index (χ0v) is 17.4. The summed E-state index contributed by atoms with van der Waals surface area (Å²) in [5.41, 5.74) is 6.53. The van der Waals surface area contributed by atoms with E-state index in [9.17, 15) is 9.59 Å². The highest BCUT2D eigenvalue weighted by Gasteiger charge is 2.45. The molecule has 0 spiro atoms. The highest BCUT2D eigenvalue weighted by atomic mass is 16.2. The number of hydrogen-bond donors (Lipinski definition) is 0. The molecule has 4 heteroatoms. The Balaban J connectivity index is 1.78. The standard InChI is InChI=1S/C27H21N2O2/c1-18-10-14-20(15-11-18)24-8-5-9-25(21-16-12-19(2)13-17-21)28(24)29-26(30)22-6-3-4-7-23(22)27(29)31/h3-17H,1-2H3/q+1. The molecule has 0 saturated heterocycles. The van der Waals surface area contributed by atoms with E-state index in [4.69, 9.17) is 0 Å². The van der Waals surface area contributed by atoms with Crippen molar-refractivity contribution < 1.29 is 14.3 Å². The second kappa shape index (κ2) is 7.33. The number of benzene rings is 3. The normalized spacial score (nSPS) is 12.9. The molecule has 2 heterocycles. The molecule has 0 saturated carbocycles. The molecule has 0 bridgehead atoms. The Morgan fingerprint density at radius 3 is 1.39 bits per heavy atom. The summed E-state index contributed by atoms with van der Waals surface area (Å²) in [6.07, 6.45) is 0. The number of pyridine rings is 1. The van der Waals surface area contributed by atoms with Crippen LogP contribution in [0.2, 0.25) is 0 Å². The quantitative estimate of drug-likeness (QED) is 0.361. The molecule has 0 fully saturated rings. The molecular formula is C27H21N2O2+. The summed E-state index contributed by atoms with van der Waals surface area (Å²) in [6, 6.07) is 29.0. The Morgan fingerprint density at radius 1 is 0.548 bits per heavy atom. The van der Waals surface area contributed by atoms with E-state index < -0.39 is 0 Å². The van der Waals surface area contributed by atoms with Crippen molar-refractivity contribution in [1.29, 1.82) is 0 Å². The summed E-state index contributed by atoms with van der Waals surface area (Å²) < 4.78 is 1.75. The molecule has 0 atom stereocenters. The molecule has 5 rings (SSSR count). The molecule has 0 unspecified atom stereocenters. The number of nitrogens with zero attached hydrogens (tertiary/aromatic N) is 2. The predicted molar refractivity (Wildman–Crippen MR) is 120 cm³/mol. The first kappa shape index (κ1) is 18.9. The molecule has 1 aliphatic heterocycles. The molecule has 150 valence electrons. The number of aromatic nitrogens is 1. The molecule has 2 amide bonds. The molecule has 0 aliphatic carbocycles. The molecule has 1 aliphatic rings. The Kier molecular flexibility index (Phi) is 4.48. The van der Waals surface area contributed by atoms with Crippen LogP contribution in [-0.2, 0) is 0 Å². The van der Waals surface area contributed by atoms with Crippen molar-refractivity contribution in [1.82, 2.24) is 0 Å². The van der Waals surface area contributed by atoms with Gasteiger partial charge in [-0.05, 0) is 61.3 Å². The van der Waals surface area contributed by atoms with Gasteiger partial charge in [0.15, 0.2) is 0 Å². The van der Waals surface area contributed by atoms with E-state index in [1.165, 1.54) is 5.01 Å². The van der Waals surface area contributed by atoms with Crippen molar-refractivity contribution >= 4 is 11.8 Å². The average molecular weight is 405 g/mol. The van der Waals surface area contributed by atoms with Gasteiger partial charge in [-0.3, -0.25) is 9.59 Å². The van der Waals surface area contributed by atoms with Gasteiger partial charge in [0, 0.05) is 23.3 Å². The van der Waals surface area contributed by atoms with Crippen LogP contribution in [0.25, 0.3) is 22.5 Å². The van der Waals surface area contributed by atoms with Crippen LogP contribution in [0.15, 0.2) is 91.0 Å². The average Bonchev–Trinajstić information content (AvgIpc) is 3.05. The molecule has 0 radical (unpaired) electrons. The fourth-order valence-corrected chi connectivity index (χ4v) is 3.96. The van der Waals surface area contributed by atoms with Crippen LogP contribution in [0, 0.1) is 13.8 Å². The molecule has 3 aromatic carbocycles. The van der Waals surface area contributed by atoms with Gasteiger partial charge < -0.3 is 0 Å². The number of carbonyl (C=O) groups excluding carboxylic acids is 2. The van der Waals surface area contributed by atoms with E-state index >= 15 is 0 Å². The molecule has 1 aromatic heterocycles. The van der Waals surface area contributed by atoms with Crippen LogP contribution in [-0.4, -0.2) is 11.8 Å². The molecular weight excluding hydrogens is 384 g/mol. The summed E-state index contributed by atoms with van der Waals surface area (Å²) in [6.45, 7) is 4.06. The molecule has 0 N–H and O–H groups in total. The van der Waals surface area contributed by atoms with E-state index in [-0.39, 0.29) is 11.8 Å². The Morgan fingerprint density at radius 2 is 0.968 bits per heavy atom. The van der Waals surface area contributed by atoms with Crippen molar-refractivity contribution in [3.8, 4) is 22.5 Å². The molecule has 4 aromatic rings. The second-order valence-electron chi connectivity index (χ2n) is 7.81. The lowest BCUT2D eigenvalue weighted by Gasteiger charge is -2.14. The van der Waals surface area contributed by atoms with E-state index in [0.717, 1.165) is 33.6 Å². The topological polar surface area (TPSA) is 41.3 Å². The number of aryl methyl sites for hydroxylation is 2.